The van der Waals surface area contributed by atoms with Crippen molar-refractivity contribution in [3.63, 3.8) is 0 Å². The molecule has 1 aromatic carbocycles. The van der Waals surface area contributed by atoms with Gasteiger partial charge in [-0.1, -0.05) is 25.1 Å². The number of benzene rings is 1. The van der Waals surface area contributed by atoms with Crippen molar-refractivity contribution in [2.75, 3.05) is 5.32 Å². The van der Waals surface area contributed by atoms with Crippen LogP contribution in [0.3, 0.4) is 0 Å². The van der Waals surface area contributed by atoms with Gasteiger partial charge in [-0.3, -0.25) is 0 Å². The molecule has 5 heteroatoms. The molecule has 0 aliphatic rings. The van der Waals surface area contributed by atoms with E-state index < -0.39 is 0 Å². The van der Waals surface area contributed by atoms with Gasteiger partial charge in [0.1, 0.15) is 0 Å². The molecule has 1 unspecified atom stereocenters. The van der Waals surface area contributed by atoms with Crippen molar-refractivity contribution in [1.82, 2.24) is 4.98 Å². The first-order valence-corrected chi connectivity index (χ1v) is 7.41. The van der Waals surface area contributed by atoms with Gasteiger partial charge in [0.05, 0.1) is 12.6 Å². The average Bonchev–Trinajstić information content (AvgIpc) is 2.54. The van der Waals surface area contributed by atoms with Gasteiger partial charge in [-0.15, -0.1) is 0 Å². The van der Waals surface area contributed by atoms with E-state index in [-0.39, 0.29) is 6.10 Å². The van der Waals surface area contributed by atoms with Gasteiger partial charge < -0.3 is 15.8 Å². The van der Waals surface area contributed by atoms with E-state index in [9.17, 15) is 0 Å². The smallest absolute Gasteiger partial charge is 0.213 e. The van der Waals surface area contributed by atoms with Crippen molar-refractivity contribution in [2.24, 2.45) is 10.7 Å². The van der Waals surface area contributed by atoms with E-state index in [1.54, 1.807) is 6.20 Å². The zero-order chi connectivity index (χ0) is 15.8. The summed E-state index contributed by atoms with van der Waals surface area (Å²) in [5.41, 5.74) is 7.81. The molecule has 0 spiro atoms. The van der Waals surface area contributed by atoms with E-state index >= 15 is 0 Å². The second-order valence-corrected chi connectivity index (χ2v) is 5.03. The maximum Gasteiger partial charge on any atom is 0.213 e. The number of hydrogen-bond donors (Lipinski definition) is 2. The summed E-state index contributed by atoms with van der Waals surface area (Å²) in [6, 6.07) is 13.5. The van der Waals surface area contributed by atoms with Gasteiger partial charge in [0.25, 0.3) is 0 Å². The predicted molar refractivity (Wildman–Crippen MR) is 90.0 cm³/mol. The quantitative estimate of drug-likeness (QED) is 0.634. The van der Waals surface area contributed by atoms with E-state index in [4.69, 9.17) is 10.5 Å². The first-order valence-electron chi connectivity index (χ1n) is 7.41. The van der Waals surface area contributed by atoms with E-state index in [2.05, 4.69) is 22.2 Å². The van der Waals surface area contributed by atoms with Crippen LogP contribution in [0.25, 0.3) is 0 Å². The molecule has 5 nitrogen and oxygen atoms in total. The maximum absolute atomic E-state index is 5.89. The lowest BCUT2D eigenvalue weighted by Crippen LogP contribution is -2.22. The van der Waals surface area contributed by atoms with E-state index in [1.165, 1.54) is 0 Å². The third-order valence-electron chi connectivity index (χ3n) is 3.17. The molecule has 0 aliphatic carbocycles. The summed E-state index contributed by atoms with van der Waals surface area (Å²) < 4.78 is 5.70. The molecule has 1 heterocycles. The number of aliphatic imine (C=N–C) groups is 1. The summed E-state index contributed by atoms with van der Waals surface area (Å²) in [7, 11) is 0. The van der Waals surface area contributed by atoms with Crippen LogP contribution in [-0.4, -0.2) is 17.0 Å². The van der Waals surface area contributed by atoms with Crippen LogP contribution in [0.2, 0.25) is 0 Å². The standard InChI is InChI=1S/C17H22N4O/c1-3-13(2)22-16-11-14(9-10-19-16)12-20-17(18)21-15-7-5-4-6-8-15/h4-11,13H,3,12H2,1-2H3,(H3,18,20,21). The summed E-state index contributed by atoms with van der Waals surface area (Å²) in [6.45, 7) is 4.58. The van der Waals surface area contributed by atoms with Crippen molar-refractivity contribution in [3.05, 3.63) is 54.2 Å². The summed E-state index contributed by atoms with van der Waals surface area (Å²) in [5, 5.41) is 3.05. The first-order chi connectivity index (χ1) is 10.7. The molecular weight excluding hydrogens is 276 g/mol. The Balaban J connectivity index is 1.95. The van der Waals surface area contributed by atoms with Crippen LogP contribution < -0.4 is 15.8 Å². The molecule has 116 valence electrons. The molecule has 2 rings (SSSR count). The lowest BCUT2D eigenvalue weighted by atomic mass is 10.2. The normalized spacial score (nSPS) is 12.7. The highest BCUT2D eigenvalue weighted by molar-refractivity contribution is 5.92. The number of nitrogens with one attached hydrogen (secondary N) is 1. The largest absolute Gasteiger partial charge is 0.475 e. The lowest BCUT2D eigenvalue weighted by molar-refractivity contribution is 0.208. The minimum atomic E-state index is 0.149. The fourth-order valence-electron chi connectivity index (χ4n) is 1.79. The third kappa shape index (κ3) is 5.09. The Morgan fingerprint density at radius 3 is 2.82 bits per heavy atom. The Hall–Kier alpha value is -2.56. The van der Waals surface area contributed by atoms with Crippen LogP contribution in [0.15, 0.2) is 53.7 Å². The number of nitrogens with two attached hydrogens (primary N) is 1. The summed E-state index contributed by atoms with van der Waals surface area (Å²) in [5.74, 6) is 1.00. The molecule has 0 saturated heterocycles. The monoisotopic (exact) mass is 298 g/mol. The molecule has 1 atom stereocenters. The molecule has 3 N–H and O–H groups in total. The zero-order valence-electron chi connectivity index (χ0n) is 13.0. The number of hydrogen-bond acceptors (Lipinski definition) is 3. The lowest BCUT2D eigenvalue weighted by Gasteiger charge is -2.11. The summed E-state index contributed by atoms with van der Waals surface area (Å²) in [6.07, 6.45) is 2.82. The predicted octanol–water partition coefficient (Wildman–Crippen LogP) is 3.19. The second-order valence-electron chi connectivity index (χ2n) is 5.03. The van der Waals surface area contributed by atoms with Crippen LogP contribution in [0.5, 0.6) is 5.88 Å². The highest BCUT2D eigenvalue weighted by atomic mass is 16.5. The number of rotatable bonds is 6. The average molecular weight is 298 g/mol. The topological polar surface area (TPSA) is 72.5 Å². The molecule has 0 saturated carbocycles. The minimum Gasteiger partial charge on any atom is -0.475 e. The Bertz CT molecular complexity index is 613. The third-order valence-corrected chi connectivity index (χ3v) is 3.17. The number of anilines is 1. The molecule has 0 aliphatic heterocycles. The highest BCUT2D eigenvalue weighted by Crippen LogP contribution is 2.13. The first kappa shape index (κ1) is 15.8. The van der Waals surface area contributed by atoms with Gasteiger partial charge in [-0.2, -0.15) is 0 Å². The van der Waals surface area contributed by atoms with Crippen LogP contribution >= 0.6 is 0 Å². The number of aromatic nitrogens is 1. The zero-order valence-corrected chi connectivity index (χ0v) is 13.0. The molecule has 0 bridgehead atoms. The number of nitrogens with zero attached hydrogens (tertiary/aromatic N) is 2. The van der Waals surface area contributed by atoms with Crippen LogP contribution in [0.1, 0.15) is 25.8 Å². The van der Waals surface area contributed by atoms with Gasteiger partial charge in [0.15, 0.2) is 5.96 Å². The number of para-hydroxylation sites is 1. The Kier molecular flexibility index (Phi) is 5.77. The number of ether oxygens (including phenoxy) is 1. The fraction of sp³-hybridized carbons (Fsp3) is 0.294. The van der Waals surface area contributed by atoms with Crippen LogP contribution in [-0.2, 0) is 6.54 Å². The van der Waals surface area contributed by atoms with Crippen molar-refractivity contribution in [1.29, 1.82) is 0 Å². The van der Waals surface area contributed by atoms with E-state index in [1.807, 2.05) is 49.4 Å². The molecule has 0 radical (unpaired) electrons. The second kappa shape index (κ2) is 8.02. The Labute approximate surface area is 131 Å². The maximum atomic E-state index is 5.89. The summed E-state index contributed by atoms with van der Waals surface area (Å²) >= 11 is 0. The summed E-state index contributed by atoms with van der Waals surface area (Å²) in [4.78, 5) is 8.53. The molecular formula is C17H22N4O. The van der Waals surface area contributed by atoms with Gasteiger partial charge in [0, 0.05) is 18.0 Å². The van der Waals surface area contributed by atoms with Crippen molar-refractivity contribution < 1.29 is 4.74 Å². The number of guanidine groups is 1. The number of pyridine rings is 1. The highest BCUT2D eigenvalue weighted by Gasteiger charge is 2.03. The van der Waals surface area contributed by atoms with Crippen LogP contribution in [0, 0.1) is 0 Å². The Morgan fingerprint density at radius 1 is 1.32 bits per heavy atom. The molecule has 0 amide bonds. The molecule has 2 aromatic rings. The van der Waals surface area contributed by atoms with Gasteiger partial charge >= 0.3 is 0 Å². The molecule has 1 aromatic heterocycles. The van der Waals surface area contributed by atoms with Gasteiger partial charge in [0.2, 0.25) is 5.88 Å². The minimum absolute atomic E-state index is 0.149. The molecule has 22 heavy (non-hydrogen) atoms. The van der Waals surface area contributed by atoms with Crippen molar-refractivity contribution in [2.45, 2.75) is 32.9 Å². The molecule has 0 fully saturated rings. The van der Waals surface area contributed by atoms with Crippen molar-refractivity contribution >= 4 is 11.6 Å². The van der Waals surface area contributed by atoms with E-state index in [0.717, 1.165) is 17.7 Å². The van der Waals surface area contributed by atoms with Gasteiger partial charge in [-0.25, -0.2) is 9.98 Å². The van der Waals surface area contributed by atoms with E-state index in [0.29, 0.717) is 18.4 Å². The van der Waals surface area contributed by atoms with Crippen LogP contribution in [0.4, 0.5) is 5.69 Å². The fourth-order valence-corrected chi connectivity index (χ4v) is 1.79. The van der Waals surface area contributed by atoms with Crippen molar-refractivity contribution in [3.8, 4) is 5.88 Å². The Morgan fingerprint density at radius 2 is 2.09 bits per heavy atom. The SMILES string of the molecule is CCC(C)Oc1cc(CN=C(N)Nc2ccccc2)ccn1. The van der Waals surface area contributed by atoms with Gasteiger partial charge in [-0.05, 0) is 37.1 Å².